The molecule has 2 rings (SSSR count). The molecule has 0 saturated carbocycles. The molecule has 0 unspecified atom stereocenters. The van der Waals surface area contributed by atoms with Crippen LogP contribution in [0.4, 0.5) is 0 Å². The number of amides is 1. The summed E-state index contributed by atoms with van der Waals surface area (Å²) in [6.07, 6.45) is 0. The Morgan fingerprint density at radius 1 is 1.14 bits per heavy atom. The molecule has 0 saturated heterocycles. The normalized spacial score (nSPS) is 11.3. The summed E-state index contributed by atoms with van der Waals surface area (Å²) >= 11 is 11.6. The van der Waals surface area contributed by atoms with Gasteiger partial charge in [-0.15, -0.1) is 0 Å². The molecule has 1 amide bonds. The highest BCUT2D eigenvalue weighted by atomic mass is 35.5. The van der Waals surface area contributed by atoms with E-state index >= 15 is 0 Å². The number of carbonyl (C=O) groups is 1. The Morgan fingerprint density at radius 2 is 1.81 bits per heavy atom. The van der Waals surface area contributed by atoms with Crippen LogP contribution in [-0.4, -0.2) is 16.7 Å². The van der Waals surface area contributed by atoms with Gasteiger partial charge in [0.15, 0.2) is 0 Å². The fraction of sp³-hybridized carbons (Fsp3) is 0.0667. The molecule has 0 aliphatic heterocycles. The largest absolute Gasteiger partial charge is 0.506 e. The molecule has 6 heteroatoms. The van der Waals surface area contributed by atoms with E-state index in [0.29, 0.717) is 21.9 Å². The molecule has 0 aliphatic carbocycles. The van der Waals surface area contributed by atoms with Crippen molar-refractivity contribution in [3.8, 4) is 5.75 Å². The average Bonchev–Trinajstić information content (AvgIpc) is 2.48. The summed E-state index contributed by atoms with van der Waals surface area (Å²) in [6.45, 7) is 1.66. The van der Waals surface area contributed by atoms with Crippen molar-refractivity contribution in [2.75, 3.05) is 0 Å². The van der Waals surface area contributed by atoms with Crippen molar-refractivity contribution in [3.05, 3.63) is 63.6 Å². The van der Waals surface area contributed by atoms with E-state index in [1.165, 1.54) is 0 Å². The van der Waals surface area contributed by atoms with Gasteiger partial charge in [0.2, 0.25) is 0 Å². The zero-order chi connectivity index (χ0) is 15.4. The fourth-order valence-electron chi connectivity index (χ4n) is 1.67. The predicted molar refractivity (Wildman–Crippen MR) is 84.2 cm³/mol. The van der Waals surface area contributed by atoms with Crippen LogP contribution in [0.2, 0.25) is 10.0 Å². The molecule has 2 N–H and O–H groups in total. The summed E-state index contributed by atoms with van der Waals surface area (Å²) in [7, 11) is 0. The summed E-state index contributed by atoms with van der Waals surface area (Å²) < 4.78 is 0. The lowest BCUT2D eigenvalue weighted by molar-refractivity contribution is 0.0955. The van der Waals surface area contributed by atoms with Gasteiger partial charge in [0.05, 0.1) is 10.7 Å². The average molecular weight is 323 g/mol. The van der Waals surface area contributed by atoms with Crippen LogP contribution in [-0.2, 0) is 0 Å². The molecule has 4 nitrogen and oxygen atoms in total. The van der Waals surface area contributed by atoms with Gasteiger partial charge in [-0.05, 0) is 43.3 Å². The molecule has 0 heterocycles. The molecular weight excluding hydrogens is 311 g/mol. The molecule has 2 aromatic carbocycles. The number of hydrogen-bond acceptors (Lipinski definition) is 3. The third kappa shape index (κ3) is 3.74. The maximum atomic E-state index is 11.9. The highest BCUT2D eigenvalue weighted by Gasteiger charge is 2.09. The van der Waals surface area contributed by atoms with E-state index < -0.39 is 0 Å². The minimum absolute atomic E-state index is 0.0684. The maximum Gasteiger partial charge on any atom is 0.271 e. The van der Waals surface area contributed by atoms with Crippen molar-refractivity contribution in [2.24, 2.45) is 5.10 Å². The summed E-state index contributed by atoms with van der Waals surface area (Å²) in [5.74, 6) is -0.436. The Hall–Kier alpha value is -2.04. The number of nitrogens with zero attached hydrogens (tertiary/aromatic N) is 1. The minimum atomic E-state index is -0.368. The molecule has 0 fully saturated rings. The van der Waals surface area contributed by atoms with Crippen molar-refractivity contribution >= 4 is 34.8 Å². The van der Waals surface area contributed by atoms with Crippen molar-refractivity contribution in [1.82, 2.24) is 5.43 Å². The Balaban J connectivity index is 2.15. The van der Waals surface area contributed by atoms with Crippen molar-refractivity contribution in [2.45, 2.75) is 6.92 Å². The molecule has 0 atom stereocenters. The van der Waals surface area contributed by atoms with E-state index in [1.54, 1.807) is 49.4 Å². The fourth-order valence-corrected chi connectivity index (χ4v) is 1.97. The maximum absolute atomic E-state index is 11.9. The first kappa shape index (κ1) is 15.4. The molecule has 108 valence electrons. The van der Waals surface area contributed by atoms with Gasteiger partial charge in [-0.3, -0.25) is 4.79 Å². The number of para-hydroxylation sites is 1. The Labute approximate surface area is 132 Å². The van der Waals surface area contributed by atoms with Crippen molar-refractivity contribution in [1.29, 1.82) is 0 Å². The van der Waals surface area contributed by atoms with Crippen LogP contribution in [0.1, 0.15) is 22.8 Å². The monoisotopic (exact) mass is 322 g/mol. The highest BCUT2D eigenvalue weighted by molar-refractivity contribution is 6.32. The standard InChI is InChI=1S/C15H12Cl2N2O2/c1-9(12-3-2-4-13(17)14(12)20)18-19-15(21)10-5-7-11(16)8-6-10/h2-8,20H,1H3,(H,19,21)/b18-9+. The lowest BCUT2D eigenvalue weighted by Crippen LogP contribution is -2.19. The van der Waals surface area contributed by atoms with E-state index in [2.05, 4.69) is 10.5 Å². The third-order valence-electron chi connectivity index (χ3n) is 2.81. The lowest BCUT2D eigenvalue weighted by Gasteiger charge is -2.06. The van der Waals surface area contributed by atoms with Gasteiger partial charge in [0, 0.05) is 16.1 Å². The number of rotatable bonds is 3. The van der Waals surface area contributed by atoms with Gasteiger partial charge in [-0.2, -0.15) is 5.10 Å². The van der Waals surface area contributed by atoms with Crippen LogP contribution in [0, 0.1) is 0 Å². The summed E-state index contributed by atoms with van der Waals surface area (Å²) in [5, 5.41) is 14.6. The van der Waals surface area contributed by atoms with Gasteiger partial charge in [0.25, 0.3) is 5.91 Å². The Morgan fingerprint density at radius 3 is 2.48 bits per heavy atom. The van der Waals surface area contributed by atoms with Gasteiger partial charge in [-0.1, -0.05) is 29.3 Å². The number of aromatic hydroxyl groups is 1. The second kappa shape index (κ2) is 6.61. The van der Waals surface area contributed by atoms with Crippen molar-refractivity contribution in [3.63, 3.8) is 0 Å². The van der Waals surface area contributed by atoms with Crippen LogP contribution >= 0.6 is 23.2 Å². The summed E-state index contributed by atoms with van der Waals surface area (Å²) in [5.41, 5.74) is 3.75. The first-order valence-corrected chi connectivity index (χ1v) is 6.82. The third-order valence-corrected chi connectivity index (χ3v) is 3.37. The molecule has 2 aromatic rings. The van der Waals surface area contributed by atoms with Gasteiger partial charge < -0.3 is 5.11 Å². The van der Waals surface area contributed by atoms with E-state index in [9.17, 15) is 9.90 Å². The number of hydrazone groups is 1. The first-order chi connectivity index (χ1) is 9.99. The zero-order valence-corrected chi connectivity index (χ0v) is 12.6. The van der Waals surface area contributed by atoms with Crippen LogP contribution in [0.25, 0.3) is 0 Å². The van der Waals surface area contributed by atoms with Crippen LogP contribution < -0.4 is 5.43 Å². The van der Waals surface area contributed by atoms with E-state index in [4.69, 9.17) is 23.2 Å². The smallest absolute Gasteiger partial charge is 0.271 e. The molecule has 0 radical (unpaired) electrons. The SMILES string of the molecule is C/C(=N\NC(=O)c1ccc(Cl)cc1)c1cccc(Cl)c1O. The minimum Gasteiger partial charge on any atom is -0.506 e. The number of nitrogens with one attached hydrogen (secondary N) is 1. The van der Waals surface area contributed by atoms with E-state index in [1.807, 2.05) is 0 Å². The number of hydrogen-bond donors (Lipinski definition) is 2. The van der Waals surface area contributed by atoms with Crippen LogP contribution in [0.15, 0.2) is 47.6 Å². The number of phenols is 1. The molecule has 0 aliphatic rings. The second-order valence-corrected chi connectivity index (χ2v) is 5.12. The number of halogens is 2. The second-order valence-electron chi connectivity index (χ2n) is 4.28. The van der Waals surface area contributed by atoms with Gasteiger partial charge in [0.1, 0.15) is 5.75 Å². The molecule has 0 spiro atoms. The predicted octanol–water partition coefficient (Wildman–Crippen LogP) is 3.85. The molecule has 21 heavy (non-hydrogen) atoms. The topological polar surface area (TPSA) is 61.7 Å². The first-order valence-electron chi connectivity index (χ1n) is 6.07. The zero-order valence-electron chi connectivity index (χ0n) is 11.1. The van der Waals surface area contributed by atoms with Crippen LogP contribution in [0.3, 0.4) is 0 Å². The Kier molecular flexibility index (Phi) is 4.83. The van der Waals surface area contributed by atoms with Gasteiger partial charge in [-0.25, -0.2) is 5.43 Å². The van der Waals surface area contributed by atoms with Gasteiger partial charge >= 0.3 is 0 Å². The summed E-state index contributed by atoms with van der Waals surface area (Å²) in [4.78, 5) is 11.9. The molecule has 0 aromatic heterocycles. The summed E-state index contributed by atoms with van der Waals surface area (Å²) in [6, 6.07) is 11.4. The molecular formula is C15H12Cl2N2O2. The Bertz CT molecular complexity index is 697. The number of phenolic OH excluding ortho intramolecular Hbond substituents is 1. The van der Waals surface area contributed by atoms with Crippen LogP contribution in [0.5, 0.6) is 5.75 Å². The highest BCUT2D eigenvalue weighted by Crippen LogP contribution is 2.27. The van der Waals surface area contributed by atoms with Crippen molar-refractivity contribution < 1.29 is 9.90 Å². The molecule has 0 bridgehead atoms. The lowest BCUT2D eigenvalue weighted by atomic mass is 10.1. The number of carbonyl (C=O) groups excluding carboxylic acids is 1. The van der Waals surface area contributed by atoms with E-state index in [-0.39, 0.29) is 16.7 Å². The van der Waals surface area contributed by atoms with E-state index in [0.717, 1.165) is 0 Å². The quantitative estimate of drug-likeness (QED) is 0.666. The number of benzene rings is 2.